The first kappa shape index (κ1) is 14.7. The third-order valence-electron chi connectivity index (χ3n) is 2.76. The highest BCUT2D eigenvalue weighted by molar-refractivity contribution is 9.10. The molecule has 0 saturated carbocycles. The van der Waals surface area contributed by atoms with E-state index in [1.807, 2.05) is 0 Å². The van der Waals surface area contributed by atoms with E-state index in [0.717, 1.165) is 21.7 Å². The number of rotatable bonds is 3. The van der Waals surface area contributed by atoms with Crippen molar-refractivity contribution in [2.24, 2.45) is 0 Å². The molecule has 1 aromatic carbocycles. The van der Waals surface area contributed by atoms with Gasteiger partial charge in [0.05, 0.1) is 5.69 Å². The van der Waals surface area contributed by atoms with E-state index >= 15 is 0 Å². The van der Waals surface area contributed by atoms with Gasteiger partial charge in [-0.3, -0.25) is 0 Å². The number of hydrogen-bond acceptors (Lipinski definition) is 3. The van der Waals surface area contributed by atoms with Gasteiger partial charge >= 0.3 is 0 Å². The second-order valence-electron chi connectivity index (χ2n) is 5.64. The first-order valence-electron chi connectivity index (χ1n) is 6.32. The van der Waals surface area contributed by atoms with Crippen molar-refractivity contribution in [2.45, 2.75) is 39.8 Å². The SMILES string of the molecule is Cc1nc(-c2ccc(Br)cc2)sc1CNC(C)(C)C. The maximum atomic E-state index is 4.67. The van der Waals surface area contributed by atoms with E-state index in [4.69, 9.17) is 0 Å². The van der Waals surface area contributed by atoms with E-state index in [0.29, 0.717) is 0 Å². The van der Waals surface area contributed by atoms with Gasteiger partial charge in [-0.25, -0.2) is 4.98 Å². The molecule has 0 fully saturated rings. The molecule has 102 valence electrons. The number of aromatic nitrogens is 1. The molecule has 4 heteroatoms. The second-order valence-corrected chi connectivity index (χ2v) is 7.64. The topological polar surface area (TPSA) is 24.9 Å². The van der Waals surface area contributed by atoms with Crippen LogP contribution in [0.4, 0.5) is 0 Å². The van der Waals surface area contributed by atoms with Crippen LogP contribution < -0.4 is 5.32 Å². The van der Waals surface area contributed by atoms with E-state index < -0.39 is 0 Å². The van der Waals surface area contributed by atoms with Gasteiger partial charge in [-0.2, -0.15) is 0 Å². The summed E-state index contributed by atoms with van der Waals surface area (Å²) < 4.78 is 1.10. The van der Waals surface area contributed by atoms with E-state index in [1.165, 1.54) is 10.4 Å². The molecule has 0 aliphatic carbocycles. The molecule has 2 aromatic rings. The van der Waals surface area contributed by atoms with Crippen LogP contribution in [0.5, 0.6) is 0 Å². The number of aryl methyl sites for hydroxylation is 1. The standard InChI is InChI=1S/C15H19BrN2S/c1-10-13(9-17-15(2,3)4)19-14(18-10)11-5-7-12(16)8-6-11/h5-8,17H,9H2,1-4H3. The minimum atomic E-state index is 0.133. The van der Waals surface area contributed by atoms with Gasteiger partial charge in [0.25, 0.3) is 0 Å². The summed E-state index contributed by atoms with van der Waals surface area (Å²) in [5.41, 5.74) is 2.44. The number of halogens is 1. The van der Waals surface area contributed by atoms with E-state index in [9.17, 15) is 0 Å². The van der Waals surface area contributed by atoms with Crippen molar-refractivity contribution >= 4 is 27.3 Å². The van der Waals surface area contributed by atoms with Crippen LogP contribution in [0.3, 0.4) is 0 Å². The number of nitrogens with zero attached hydrogens (tertiary/aromatic N) is 1. The summed E-state index contributed by atoms with van der Waals surface area (Å²) >= 11 is 5.23. The predicted octanol–water partition coefficient (Wildman–Crippen LogP) is 4.77. The summed E-state index contributed by atoms with van der Waals surface area (Å²) in [6.07, 6.45) is 0. The number of hydrogen-bond donors (Lipinski definition) is 1. The molecular weight excluding hydrogens is 320 g/mol. The van der Waals surface area contributed by atoms with E-state index in [1.54, 1.807) is 11.3 Å². The molecule has 0 atom stereocenters. The van der Waals surface area contributed by atoms with E-state index in [-0.39, 0.29) is 5.54 Å². The molecule has 1 aromatic heterocycles. The molecule has 0 radical (unpaired) electrons. The third-order valence-corrected chi connectivity index (χ3v) is 4.50. The maximum Gasteiger partial charge on any atom is 0.123 e. The summed E-state index contributed by atoms with van der Waals surface area (Å²) in [4.78, 5) is 5.99. The van der Waals surface area contributed by atoms with Gasteiger partial charge in [-0.05, 0) is 39.8 Å². The van der Waals surface area contributed by atoms with Gasteiger partial charge in [0.2, 0.25) is 0 Å². The molecule has 0 aliphatic heterocycles. The summed E-state index contributed by atoms with van der Waals surface area (Å²) in [6.45, 7) is 9.50. The average molecular weight is 339 g/mol. The Hall–Kier alpha value is -0.710. The minimum absolute atomic E-state index is 0.133. The van der Waals surface area contributed by atoms with Crippen LogP contribution in [0.25, 0.3) is 10.6 Å². The summed E-state index contributed by atoms with van der Waals surface area (Å²) in [5.74, 6) is 0. The lowest BCUT2D eigenvalue weighted by atomic mass is 10.1. The van der Waals surface area contributed by atoms with Crippen molar-refractivity contribution in [3.8, 4) is 10.6 Å². The number of nitrogens with one attached hydrogen (secondary N) is 1. The zero-order chi connectivity index (χ0) is 14.0. The first-order valence-corrected chi connectivity index (χ1v) is 7.93. The molecule has 0 amide bonds. The Morgan fingerprint density at radius 2 is 1.84 bits per heavy atom. The smallest absolute Gasteiger partial charge is 0.123 e. The molecule has 19 heavy (non-hydrogen) atoms. The maximum absolute atomic E-state index is 4.67. The Bertz CT molecular complexity index is 553. The largest absolute Gasteiger partial charge is 0.307 e. The summed E-state index contributed by atoms with van der Waals surface area (Å²) in [7, 11) is 0. The molecule has 2 nitrogen and oxygen atoms in total. The molecule has 0 saturated heterocycles. The lowest BCUT2D eigenvalue weighted by Gasteiger charge is -2.19. The molecule has 2 rings (SSSR count). The fraction of sp³-hybridized carbons (Fsp3) is 0.400. The Labute approximate surface area is 127 Å². The Balaban J connectivity index is 2.19. The average Bonchev–Trinajstić information content (AvgIpc) is 2.68. The Morgan fingerprint density at radius 3 is 2.42 bits per heavy atom. The molecule has 0 aliphatic rings. The zero-order valence-electron chi connectivity index (χ0n) is 11.7. The Morgan fingerprint density at radius 1 is 1.21 bits per heavy atom. The quantitative estimate of drug-likeness (QED) is 0.871. The molecule has 0 bridgehead atoms. The normalized spacial score (nSPS) is 11.8. The van der Waals surface area contributed by atoms with Gasteiger partial charge < -0.3 is 5.32 Å². The van der Waals surface area contributed by atoms with Gasteiger partial charge in [0.15, 0.2) is 0 Å². The van der Waals surface area contributed by atoms with Gasteiger partial charge in [0.1, 0.15) is 5.01 Å². The number of benzene rings is 1. The van der Waals surface area contributed by atoms with E-state index in [2.05, 4.69) is 78.2 Å². The highest BCUT2D eigenvalue weighted by Crippen LogP contribution is 2.29. The minimum Gasteiger partial charge on any atom is -0.307 e. The van der Waals surface area contributed by atoms with Gasteiger partial charge in [-0.1, -0.05) is 28.1 Å². The molecule has 1 N–H and O–H groups in total. The summed E-state index contributed by atoms with van der Waals surface area (Å²) in [6, 6.07) is 8.31. The van der Waals surface area contributed by atoms with Crippen LogP contribution in [-0.4, -0.2) is 10.5 Å². The van der Waals surface area contributed by atoms with Gasteiger partial charge in [-0.15, -0.1) is 11.3 Å². The van der Waals surface area contributed by atoms with Crippen molar-refractivity contribution in [3.63, 3.8) is 0 Å². The van der Waals surface area contributed by atoms with Crippen LogP contribution >= 0.6 is 27.3 Å². The van der Waals surface area contributed by atoms with Gasteiger partial charge in [0, 0.05) is 27.0 Å². The molecule has 1 heterocycles. The fourth-order valence-corrected chi connectivity index (χ4v) is 2.93. The molecular formula is C15H19BrN2S. The molecule has 0 unspecified atom stereocenters. The zero-order valence-corrected chi connectivity index (χ0v) is 14.2. The van der Waals surface area contributed by atoms with Crippen LogP contribution in [-0.2, 0) is 6.54 Å². The van der Waals surface area contributed by atoms with Crippen LogP contribution in [0.2, 0.25) is 0 Å². The second kappa shape index (κ2) is 5.73. The lowest BCUT2D eigenvalue weighted by molar-refractivity contribution is 0.425. The molecule has 0 spiro atoms. The van der Waals surface area contributed by atoms with Crippen LogP contribution in [0.15, 0.2) is 28.7 Å². The fourth-order valence-electron chi connectivity index (χ4n) is 1.65. The van der Waals surface area contributed by atoms with Crippen LogP contribution in [0.1, 0.15) is 31.3 Å². The van der Waals surface area contributed by atoms with Crippen molar-refractivity contribution in [3.05, 3.63) is 39.3 Å². The highest BCUT2D eigenvalue weighted by atomic mass is 79.9. The number of thiazole rings is 1. The van der Waals surface area contributed by atoms with Crippen LogP contribution in [0, 0.1) is 6.92 Å². The Kier molecular flexibility index (Phi) is 4.43. The predicted molar refractivity (Wildman–Crippen MR) is 86.6 cm³/mol. The first-order chi connectivity index (χ1) is 8.85. The third kappa shape index (κ3) is 4.13. The van der Waals surface area contributed by atoms with Crippen molar-refractivity contribution in [1.82, 2.24) is 10.3 Å². The van der Waals surface area contributed by atoms with Crippen molar-refractivity contribution in [1.29, 1.82) is 0 Å². The van der Waals surface area contributed by atoms with Crippen molar-refractivity contribution < 1.29 is 0 Å². The summed E-state index contributed by atoms with van der Waals surface area (Å²) in [5, 5.41) is 4.61. The lowest BCUT2D eigenvalue weighted by Crippen LogP contribution is -2.34. The highest BCUT2D eigenvalue weighted by Gasteiger charge is 2.13. The monoisotopic (exact) mass is 338 g/mol. The van der Waals surface area contributed by atoms with Crippen molar-refractivity contribution in [2.75, 3.05) is 0 Å².